The van der Waals surface area contributed by atoms with Crippen molar-refractivity contribution in [3.05, 3.63) is 42.2 Å². The Morgan fingerprint density at radius 1 is 1.32 bits per heavy atom. The number of allylic oxidation sites excluding steroid dienone is 1. The van der Waals surface area contributed by atoms with Gasteiger partial charge in [0.15, 0.2) is 5.69 Å². The van der Waals surface area contributed by atoms with Gasteiger partial charge in [0.1, 0.15) is 0 Å². The molecule has 4 N–H and O–H groups in total. The first-order chi connectivity index (χ1) is 9.18. The zero-order valence-electron chi connectivity index (χ0n) is 10.2. The van der Waals surface area contributed by atoms with Gasteiger partial charge in [0.25, 0.3) is 5.91 Å². The Balaban J connectivity index is 0.000000163. The van der Waals surface area contributed by atoms with E-state index in [9.17, 15) is 9.59 Å². The second-order valence-corrected chi connectivity index (χ2v) is 3.99. The number of aromatic nitrogens is 2. The minimum atomic E-state index is -0.507. The lowest BCUT2D eigenvalue weighted by Gasteiger charge is -2.00. The summed E-state index contributed by atoms with van der Waals surface area (Å²) in [7, 11) is 0. The molecular weight excluding hydrogens is 244 g/mol. The maximum absolute atomic E-state index is 10.8. The normalized spacial score (nSPS) is 13.6. The van der Waals surface area contributed by atoms with E-state index in [0.29, 0.717) is 12.1 Å². The number of primary amides is 1. The number of fused-ring (bicyclic) bond motifs is 1. The molecule has 98 valence electrons. The third-order valence-electron chi connectivity index (χ3n) is 2.60. The summed E-state index contributed by atoms with van der Waals surface area (Å²) >= 11 is 0. The van der Waals surface area contributed by atoms with Crippen LogP contribution in [-0.2, 0) is 4.79 Å². The number of carbonyl (C=O) groups excluding carboxylic acids is 2. The Labute approximate surface area is 109 Å². The molecule has 0 aliphatic carbocycles. The summed E-state index contributed by atoms with van der Waals surface area (Å²) in [5.41, 5.74) is 6.22. The quantitative estimate of drug-likeness (QED) is 0.713. The molecule has 6 nitrogen and oxygen atoms in total. The third-order valence-corrected chi connectivity index (χ3v) is 2.60. The number of benzene rings is 1. The van der Waals surface area contributed by atoms with Crippen LogP contribution in [-0.4, -0.2) is 22.0 Å². The standard InChI is InChI=1S/C8H7N3O.C5H7NO/c9-8(12)7-5-3-1-2-4-6(5)10-11-7;7-5-3-1-2-4-6-5/h1-4H,(H2,9,12)(H,10,11);2,4H,1,3H2,(H,6,7). The summed E-state index contributed by atoms with van der Waals surface area (Å²) in [6.45, 7) is 0. The van der Waals surface area contributed by atoms with E-state index in [4.69, 9.17) is 5.73 Å². The molecule has 0 saturated heterocycles. The molecule has 0 atom stereocenters. The number of amides is 2. The fourth-order valence-electron chi connectivity index (χ4n) is 1.67. The first-order valence-corrected chi connectivity index (χ1v) is 5.86. The number of H-pyrrole nitrogens is 1. The molecule has 1 aliphatic heterocycles. The average Bonchev–Trinajstić information content (AvgIpc) is 2.84. The summed E-state index contributed by atoms with van der Waals surface area (Å²) in [6, 6.07) is 7.35. The van der Waals surface area contributed by atoms with Gasteiger partial charge in [-0.05, 0) is 18.7 Å². The van der Waals surface area contributed by atoms with Gasteiger partial charge in [0.2, 0.25) is 5.91 Å². The van der Waals surface area contributed by atoms with E-state index in [1.165, 1.54) is 0 Å². The largest absolute Gasteiger partial charge is 0.364 e. The molecule has 0 saturated carbocycles. The van der Waals surface area contributed by atoms with Crippen molar-refractivity contribution in [1.82, 2.24) is 15.5 Å². The average molecular weight is 258 g/mol. The lowest BCUT2D eigenvalue weighted by molar-refractivity contribution is -0.120. The predicted octanol–water partition coefficient (Wildman–Crippen LogP) is 1.07. The Kier molecular flexibility index (Phi) is 3.92. The van der Waals surface area contributed by atoms with E-state index < -0.39 is 5.91 Å². The lowest BCUT2D eigenvalue weighted by Crippen LogP contribution is -2.18. The van der Waals surface area contributed by atoms with E-state index in [1.807, 2.05) is 24.3 Å². The first kappa shape index (κ1) is 12.8. The summed E-state index contributed by atoms with van der Waals surface area (Å²) in [5, 5.41) is 9.84. The zero-order chi connectivity index (χ0) is 13.7. The van der Waals surface area contributed by atoms with E-state index in [1.54, 1.807) is 12.3 Å². The van der Waals surface area contributed by atoms with Crippen molar-refractivity contribution in [2.24, 2.45) is 5.73 Å². The minimum Gasteiger partial charge on any atom is -0.364 e. The fraction of sp³-hybridized carbons (Fsp3) is 0.154. The zero-order valence-corrected chi connectivity index (χ0v) is 10.2. The second kappa shape index (κ2) is 5.81. The molecule has 0 fully saturated rings. The molecule has 2 aromatic rings. The number of aromatic amines is 1. The van der Waals surface area contributed by atoms with Crippen LogP contribution in [0.5, 0.6) is 0 Å². The number of nitrogens with one attached hydrogen (secondary N) is 2. The molecule has 3 rings (SSSR count). The number of hydrogen-bond acceptors (Lipinski definition) is 3. The molecular formula is C13H14N4O2. The molecule has 6 heteroatoms. The van der Waals surface area contributed by atoms with Crippen molar-refractivity contribution in [2.75, 3.05) is 0 Å². The third kappa shape index (κ3) is 3.19. The molecule has 1 aliphatic rings. The second-order valence-electron chi connectivity index (χ2n) is 3.99. The van der Waals surface area contributed by atoms with Gasteiger partial charge < -0.3 is 11.1 Å². The van der Waals surface area contributed by atoms with Crippen LogP contribution in [0.2, 0.25) is 0 Å². The summed E-state index contributed by atoms with van der Waals surface area (Å²) in [5.74, 6) is -0.380. The molecule has 2 amide bonds. The highest BCUT2D eigenvalue weighted by atomic mass is 16.2. The van der Waals surface area contributed by atoms with E-state index >= 15 is 0 Å². The Bertz CT molecular complexity index is 630. The number of carbonyl (C=O) groups is 2. The first-order valence-electron chi connectivity index (χ1n) is 5.86. The van der Waals surface area contributed by atoms with Crippen molar-refractivity contribution in [3.63, 3.8) is 0 Å². The number of nitrogens with two attached hydrogens (primary N) is 1. The monoisotopic (exact) mass is 258 g/mol. The summed E-state index contributed by atoms with van der Waals surface area (Å²) in [6.07, 6.45) is 5.18. The highest BCUT2D eigenvalue weighted by molar-refractivity contribution is 6.03. The van der Waals surface area contributed by atoms with Crippen LogP contribution < -0.4 is 11.1 Å². The van der Waals surface area contributed by atoms with Crippen LogP contribution >= 0.6 is 0 Å². The van der Waals surface area contributed by atoms with Crippen LogP contribution in [0.4, 0.5) is 0 Å². The molecule has 1 aromatic carbocycles. The minimum absolute atomic E-state index is 0.127. The Hall–Kier alpha value is -2.63. The number of hydrogen-bond donors (Lipinski definition) is 3. The topological polar surface area (TPSA) is 101 Å². The van der Waals surface area contributed by atoms with E-state index in [2.05, 4.69) is 15.5 Å². The molecule has 19 heavy (non-hydrogen) atoms. The maximum Gasteiger partial charge on any atom is 0.269 e. The van der Waals surface area contributed by atoms with E-state index in [0.717, 1.165) is 17.3 Å². The molecule has 2 heterocycles. The molecule has 0 unspecified atom stereocenters. The lowest BCUT2D eigenvalue weighted by atomic mass is 10.2. The van der Waals surface area contributed by atoms with Crippen molar-refractivity contribution in [2.45, 2.75) is 12.8 Å². The van der Waals surface area contributed by atoms with Crippen LogP contribution in [0, 0.1) is 0 Å². The molecule has 0 spiro atoms. The number of para-hydroxylation sites is 1. The predicted molar refractivity (Wildman–Crippen MR) is 71.1 cm³/mol. The van der Waals surface area contributed by atoms with Gasteiger partial charge in [-0.2, -0.15) is 5.10 Å². The Morgan fingerprint density at radius 3 is 2.68 bits per heavy atom. The Morgan fingerprint density at radius 2 is 2.11 bits per heavy atom. The van der Waals surface area contributed by atoms with Crippen molar-refractivity contribution >= 4 is 22.7 Å². The van der Waals surface area contributed by atoms with Gasteiger partial charge in [-0.25, -0.2) is 0 Å². The van der Waals surface area contributed by atoms with Gasteiger partial charge in [0, 0.05) is 11.8 Å². The SMILES string of the molecule is NC(=O)c1n[nH]c2ccccc12.O=C1CCC=CN1. The highest BCUT2D eigenvalue weighted by Gasteiger charge is 2.08. The smallest absolute Gasteiger partial charge is 0.269 e. The number of nitrogens with zero attached hydrogens (tertiary/aromatic N) is 1. The van der Waals surface area contributed by atoms with Gasteiger partial charge in [-0.3, -0.25) is 14.7 Å². The van der Waals surface area contributed by atoms with Crippen LogP contribution in [0.3, 0.4) is 0 Å². The summed E-state index contributed by atoms with van der Waals surface area (Å²) in [4.78, 5) is 21.1. The summed E-state index contributed by atoms with van der Waals surface area (Å²) < 4.78 is 0. The molecule has 0 radical (unpaired) electrons. The van der Waals surface area contributed by atoms with Crippen LogP contribution in [0.25, 0.3) is 10.9 Å². The fourth-order valence-corrected chi connectivity index (χ4v) is 1.67. The van der Waals surface area contributed by atoms with Gasteiger partial charge in [-0.15, -0.1) is 0 Å². The van der Waals surface area contributed by atoms with Crippen molar-refractivity contribution in [1.29, 1.82) is 0 Å². The van der Waals surface area contributed by atoms with Crippen LogP contribution in [0.1, 0.15) is 23.3 Å². The van der Waals surface area contributed by atoms with Gasteiger partial charge >= 0.3 is 0 Å². The van der Waals surface area contributed by atoms with Crippen molar-refractivity contribution in [3.8, 4) is 0 Å². The maximum atomic E-state index is 10.8. The molecule has 0 bridgehead atoms. The van der Waals surface area contributed by atoms with Gasteiger partial charge in [0.05, 0.1) is 5.52 Å². The number of rotatable bonds is 1. The van der Waals surface area contributed by atoms with Gasteiger partial charge in [-0.1, -0.05) is 24.3 Å². The van der Waals surface area contributed by atoms with E-state index in [-0.39, 0.29) is 5.91 Å². The van der Waals surface area contributed by atoms with Crippen LogP contribution in [0.15, 0.2) is 36.5 Å². The van der Waals surface area contributed by atoms with Crippen molar-refractivity contribution < 1.29 is 9.59 Å². The highest BCUT2D eigenvalue weighted by Crippen LogP contribution is 2.13. The molecule has 1 aromatic heterocycles.